The Kier molecular flexibility index (Phi) is 6.09. The molecule has 1 fully saturated rings. The predicted octanol–water partition coefficient (Wildman–Crippen LogP) is 0.0479. The second kappa shape index (κ2) is 8.41. The number of sulfonamides is 1. The Bertz CT molecular complexity index is 1110. The summed E-state index contributed by atoms with van der Waals surface area (Å²) < 4.78 is 27.5. The number of pyridine rings is 1. The molecule has 3 rings (SSSR count). The molecule has 1 aliphatic rings. The average molecular weight is 431 g/mol. The van der Waals surface area contributed by atoms with Crippen molar-refractivity contribution in [3.05, 3.63) is 71.0 Å². The lowest BCUT2D eigenvalue weighted by Crippen LogP contribution is -2.46. The first-order chi connectivity index (χ1) is 14.1. The highest BCUT2D eigenvalue weighted by Gasteiger charge is 2.44. The number of nitrogens with one attached hydrogen (secondary N) is 1. The third-order valence-electron chi connectivity index (χ3n) is 4.86. The van der Waals surface area contributed by atoms with E-state index in [0.717, 1.165) is 4.31 Å². The number of nitrogens with two attached hydrogens (primary N) is 1. The maximum Gasteiger partial charge on any atom is 0.255 e. The molecule has 2 heterocycles. The molecule has 0 bridgehead atoms. The first kappa shape index (κ1) is 21.7. The average Bonchev–Trinajstić information content (AvgIpc) is 3.13. The molecule has 1 saturated heterocycles. The lowest BCUT2D eigenvalue weighted by Gasteiger charge is -2.23. The van der Waals surface area contributed by atoms with Crippen LogP contribution in [0.25, 0.3) is 5.69 Å². The van der Waals surface area contributed by atoms with Crippen molar-refractivity contribution in [2.75, 3.05) is 6.54 Å². The Balaban J connectivity index is 1.74. The van der Waals surface area contributed by atoms with Crippen molar-refractivity contribution in [2.24, 2.45) is 5.73 Å². The lowest BCUT2D eigenvalue weighted by atomic mass is 10.1. The van der Waals surface area contributed by atoms with Gasteiger partial charge in [0.25, 0.3) is 11.5 Å². The van der Waals surface area contributed by atoms with Gasteiger partial charge < -0.3 is 11.1 Å². The van der Waals surface area contributed by atoms with Crippen molar-refractivity contribution in [3.63, 3.8) is 0 Å². The van der Waals surface area contributed by atoms with Gasteiger partial charge in [-0.1, -0.05) is 6.07 Å². The molecule has 0 spiro atoms. The highest BCUT2D eigenvalue weighted by Crippen LogP contribution is 2.23. The normalized spacial score (nSPS) is 19.7. The van der Waals surface area contributed by atoms with Gasteiger partial charge in [-0.15, -0.1) is 0 Å². The largest absolute Gasteiger partial charge is 0.368 e. The van der Waals surface area contributed by atoms with Crippen molar-refractivity contribution >= 4 is 21.8 Å². The fourth-order valence-corrected chi connectivity index (χ4v) is 4.61. The molecular weight excluding hydrogens is 408 g/mol. The highest BCUT2D eigenvalue weighted by molar-refractivity contribution is 7.89. The van der Waals surface area contributed by atoms with Gasteiger partial charge in [-0.25, -0.2) is 8.42 Å². The Labute approximate surface area is 174 Å². The Hall–Kier alpha value is -2.98. The molecule has 30 heavy (non-hydrogen) atoms. The van der Waals surface area contributed by atoms with E-state index in [2.05, 4.69) is 5.32 Å². The summed E-state index contributed by atoms with van der Waals surface area (Å²) in [6, 6.07) is 9.41. The van der Waals surface area contributed by atoms with Gasteiger partial charge in [0.1, 0.15) is 6.04 Å². The fourth-order valence-electron chi connectivity index (χ4n) is 3.21. The summed E-state index contributed by atoms with van der Waals surface area (Å²) in [5.41, 5.74) is 6.10. The molecule has 1 aromatic carbocycles. The second-order valence-corrected chi connectivity index (χ2v) is 9.68. The smallest absolute Gasteiger partial charge is 0.255 e. The molecule has 0 aliphatic carbocycles. The number of benzene rings is 1. The molecule has 3 N–H and O–H groups in total. The minimum atomic E-state index is -3.73. The van der Waals surface area contributed by atoms with Gasteiger partial charge in [0.2, 0.25) is 15.9 Å². The zero-order valence-corrected chi connectivity index (χ0v) is 17.4. The quantitative estimate of drug-likeness (QED) is 0.667. The van der Waals surface area contributed by atoms with Crippen LogP contribution in [0, 0.1) is 6.42 Å². The van der Waals surface area contributed by atoms with E-state index < -0.39 is 39.2 Å². The number of rotatable bonds is 6. The molecule has 1 aromatic heterocycles. The van der Waals surface area contributed by atoms with E-state index in [0.29, 0.717) is 11.3 Å². The minimum absolute atomic E-state index is 0.0721. The number of primary amides is 1. The molecule has 2 amide bonds. The highest BCUT2D eigenvalue weighted by atomic mass is 32.2. The number of aromatic nitrogens is 1. The van der Waals surface area contributed by atoms with Crippen molar-refractivity contribution in [3.8, 4) is 5.69 Å². The van der Waals surface area contributed by atoms with Gasteiger partial charge in [0, 0.05) is 42.5 Å². The lowest BCUT2D eigenvalue weighted by molar-refractivity contribution is -0.120. The Morgan fingerprint density at radius 2 is 1.80 bits per heavy atom. The molecule has 1 radical (unpaired) electrons. The van der Waals surface area contributed by atoms with E-state index in [9.17, 15) is 22.8 Å². The third-order valence-corrected chi connectivity index (χ3v) is 7.08. The van der Waals surface area contributed by atoms with Gasteiger partial charge in [-0.05, 0) is 44.2 Å². The molecule has 2 unspecified atom stereocenters. The zero-order valence-electron chi connectivity index (χ0n) is 16.6. The zero-order chi connectivity index (χ0) is 22.1. The molecule has 9 nitrogen and oxygen atoms in total. The summed E-state index contributed by atoms with van der Waals surface area (Å²) >= 11 is 0. The molecule has 2 aromatic rings. The van der Waals surface area contributed by atoms with Gasteiger partial charge >= 0.3 is 0 Å². The Morgan fingerprint density at radius 1 is 1.13 bits per heavy atom. The van der Waals surface area contributed by atoms with E-state index >= 15 is 0 Å². The number of hydrogen-bond donors (Lipinski definition) is 2. The van der Waals surface area contributed by atoms with Crippen LogP contribution in [0.2, 0.25) is 0 Å². The first-order valence-electron chi connectivity index (χ1n) is 9.35. The van der Waals surface area contributed by atoms with E-state index in [1.807, 2.05) is 0 Å². The maximum atomic E-state index is 12.6. The van der Waals surface area contributed by atoms with Crippen LogP contribution in [0.4, 0.5) is 0 Å². The van der Waals surface area contributed by atoms with E-state index in [-0.39, 0.29) is 12.1 Å². The van der Waals surface area contributed by atoms with Gasteiger partial charge in [-0.3, -0.25) is 19.0 Å². The molecular formula is C20H23N4O5S. The van der Waals surface area contributed by atoms with Gasteiger partial charge in [0.05, 0.1) is 5.25 Å². The Morgan fingerprint density at radius 3 is 2.37 bits per heavy atom. The number of nitrogens with zero attached hydrogens (tertiary/aromatic N) is 2. The molecule has 1 aliphatic heterocycles. The molecule has 2 atom stereocenters. The summed E-state index contributed by atoms with van der Waals surface area (Å²) in [6.07, 6.45) is 3.05. The number of carbonyl (C=O) groups is 2. The molecule has 159 valence electrons. The summed E-state index contributed by atoms with van der Waals surface area (Å²) in [5, 5.41) is 1.99. The third kappa shape index (κ3) is 4.29. The summed E-state index contributed by atoms with van der Waals surface area (Å²) in [5.74, 6) is -1.23. The van der Waals surface area contributed by atoms with Crippen LogP contribution in [0.3, 0.4) is 0 Å². The maximum absolute atomic E-state index is 12.6. The molecule has 0 saturated carbocycles. The van der Waals surface area contributed by atoms with Crippen LogP contribution in [-0.4, -0.2) is 53.0 Å². The first-order valence-corrected chi connectivity index (χ1v) is 10.9. The van der Waals surface area contributed by atoms with Crippen LogP contribution in [0.15, 0.2) is 53.5 Å². The topological polar surface area (TPSA) is 132 Å². The summed E-state index contributed by atoms with van der Waals surface area (Å²) in [7, 11) is -3.73. The van der Waals surface area contributed by atoms with Crippen molar-refractivity contribution in [1.29, 1.82) is 0 Å². The SMILES string of the molecule is CC(C)S(=O)(=O)N1CC(NC(=O)c2ccc(-n3ccccc3=O)cc2)[CH]C1C(N)=O. The predicted molar refractivity (Wildman–Crippen MR) is 111 cm³/mol. The summed E-state index contributed by atoms with van der Waals surface area (Å²) in [6.45, 7) is 2.95. The number of carbonyl (C=O) groups excluding carboxylic acids is 2. The van der Waals surface area contributed by atoms with Crippen LogP contribution < -0.4 is 16.6 Å². The van der Waals surface area contributed by atoms with Crippen LogP contribution >= 0.6 is 0 Å². The van der Waals surface area contributed by atoms with Crippen molar-refractivity contribution in [2.45, 2.75) is 31.2 Å². The summed E-state index contributed by atoms with van der Waals surface area (Å²) in [4.78, 5) is 36.2. The van der Waals surface area contributed by atoms with Crippen molar-refractivity contribution in [1.82, 2.24) is 14.2 Å². The van der Waals surface area contributed by atoms with Gasteiger partial charge in [-0.2, -0.15) is 4.31 Å². The fraction of sp³-hybridized carbons (Fsp3) is 0.300. The van der Waals surface area contributed by atoms with Gasteiger partial charge in [0.15, 0.2) is 0 Å². The number of amides is 2. The van der Waals surface area contributed by atoms with Crippen molar-refractivity contribution < 1.29 is 18.0 Å². The number of hydrogen-bond acceptors (Lipinski definition) is 5. The standard InChI is InChI=1S/C20H23N4O5S/c1-13(2)30(28,29)24-12-15(11-17(24)19(21)26)22-20(27)14-6-8-16(9-7-14)23-10-4-3-5-18(23)25/h3-11,13,15,17H,12H2,1-2H3,(H2,21,26)(H,22,27). The van der Waals surface area contributed by atoms with E-state index in [4.69, 9.17) is 5.73 Å². The molecule has 10 heteroatoms. The van der Waals surface area contributed by atoms with Crippen LogP contribution in [-0.2, 0) is 14.8 Å². The monoisotopic (exact) mass is 431 g/mol. The van der Waals surface area contributed by atoms with Crippen LogP contribution in [0.5, 0.6) is 0 Å². The second-order valence-electron chi connectivity index (χ2n) is 7.24. The van der Waals surface area contributed by atoms with Crippen LogP contribution in [0.1, 0.15) is 24.2 Å². The van der Waals surface area contributed by atoms with E-state index in [1.165, 1.54) is 30.9 Å². The van der Waals surface area contributed by atoms with E-state index in [1.54, 1.807) is 42.6 Å². The minimum Gasteiger partial charge on any atom is -0.368 e.